The van der Waals surface area contributed by atoms with E-state index in [1.54, 1.807) is 7.11 Å². The first-order valence-electron chi connectivity index (χ1n) is 10.7. The highest BCUT2D eigenvalue weighted by Gasteiger charge is 2.32. The maximum absolute atomic E-state index is 12.7. The molecule has 0 saturated carbocycles. The number of hydrogen-bond acceptors (Lipinski definition) is 7. The summed E-state index contributed by atoms with van der Waals surface area (Å²) < 4.78 is 11.2. The molecule has 2 aromatic heterocycles. The van der Waals surface area contributed by atoms with Gasteiger partial charge in [-0.25, -0.2) is 9.97 Å². The minimum atomic E-state index is -0.0308. The van der Waals surface area contributed by atoms with Crippen molar-refractivity contribution in [2.75, 3.05) is 31.7 Å². The molecule has 0 spiro atoms. The lowest BCUT2D eigenvalue weighted by molar-refractivity contribution is 0.0948. The third kappa shape index (κ3) is 3.68. The van der Waals surface area contributed by atoms with Crippen LogP contribution in [0.25, 0.3) is 11.1 Å². The van der Waals surface area contributed by atoms with Gasteiger partial charge in [-0.1, -0.05) is 25.2 Å². The Balaban J connectivity index is 1.56. The zero-order valence-corrected chi connectivity index (χ0v) is 19.5. The molecule has 0 unspecified atom stereocenters. The number of methoxy groups -OCH3 is 1. The van der Waals surface area contributed by atoms with Crippen molar-refractivity contribution < 1.29 is 14.3 Å². The Bertz CT molecular complexity index is 1190. The average molecular weight is 451 g/mol. The monoisotopic (exact) mass is 450 g/mol. The van der Waals surface area contributed by atoms with E-state index in [1.807, 2.05) is 18.3 Å². The fourth-order valence-electron chi connectivity index (χ4n) is 4.20. The van der Waals surface area contributed by atoms with Crippen LogP contribution in [0.15, 0.2) is 30.5 Å². The van der Waals surface area contributed by atoms with Gasteiger partial charge in [0.05, 0.1) is 25.0 Å². The highest BCUT2D eigenvalue weighted by Crippen LogP contribution is 2.43. The van der Waals surface area contributed by atoms with E-state index in [0.29, 0.717) is 30.5 Å². The number of ether oxygens (including phenoxy) is 2. The molecular formula is C24H26N4O3S. The van der Waals surface area contributed by atoms with Crippen LogP contribution in [-0.4, -0.2) is 42.7 Å². The molecule has 166 valence electrons. The lowest BCUT2D eigenvalue weighted by Crippen LogP contribution is -2.32. The number of fused-ring (bicyclic) bond motifs is 2. The molecule has 2 aliphatic heterocycles. The minimum absolute atomic E-state index is 0.0270. The van der Waals surface area contributed by atoms with Crippen LogP contribution in [0.3, 0.4) is 0 Å². The molecule has 1 amide bonds. The Morgan fingerprint density at radius 3 is 2.88 bits per heavy atom. The number of carbonyl (C=O) groups excluding carboxylic acids is 1. The van der Waals surface area contributed by atoms with Gasteiger partial charge in [0.2, 0.25) is 5.88 Å². The van der Waals surface area contributed by atoms with Crippen molar-refractivity contribution in [3.8, 4) is 22.8 Å². The maximum atomic E-state index is 12.7. The second kappa shape index (κ2) is 7.78. The Morgan fingerprint density at radius 2 is 2.12 bits per heavy atom. The summed E-state index contributed by atoms with van der Waals surface area (Å²) >= 11 is 1.46. The van der Waals surface area contributed by atoms with E-state index in [4.69, 9.17) is 14.5 Å². The van der Waals surface area contributed by atoms with Crippen LogP contribution in [0.2, 0.25) is 0 Å². The first kappa shape index (κ1) is 20.8. The van der Waals surface area contributed by atoms with Crippen LogP contribution >= 0.6 is 11.3 Å². The van der Waals surface area contributed by atoms with Crippen LogP contribution in [0.5, 0.6) is 11.6 Å². The van der Waals surface area contributed by atoms with Crippen molar-refractivity contribution in [3.63, 3.8) is 0 Å². The first-order chi connectivity index (χ1) is 15.3. The van der Waals surface area contributed by atoms with Gasteiger partial charge >= 0.3 is 0 Å². The molecule has 3 aromatic rings. The molecular weight excluding hydrogens is 424 g/mol. The largest absolute Gasteiger partial charge is 0.490 e. The molecule has 0 atom stereocenters. The predicted octanol–water partition coefficient (Wildman–Crippen LogP) is 4.36. The van der Waals surface area contributed by atoms with Gasteiger partial charge in [-0.2, -0.15) is 0 Å². The Morgan fingerprint density at radius 1 is 1.28 bits per heavy atom. The number of benzene rings is 1. The Hall–Kier alpha value is -3.13. The van der Waals surface area contributed by atoms with E-state index in [-0.39, 0.29) is 11.3 Å². The normalized spacial score (nSPS) is 17.0. The van der Waals surface area contributed by atoms with E-state index in [0.717, 1.165) is 45.4 Å². The number of nitrogens with zero attached hydrogens (tertiary/aromatic N) is 3. The minimum Gasteiger partial charge on any atom is -0.490 e. The van der Waals surface area contributed by atoms with Gasteiger partial charge in [-0.15, -0.1) is 0 Å². The number of aryl methyl sites for hydroxylation is 1. The van der Waals surface area contributed by atoms with Crippen molar-refractivity contribution in [3.05, 3.63) is 46.6 Å². The number of nitrogens with one attached hydrogen (secondary N) is 1. The van der Waals surface area contributed by atoms with Gasteiger partial charge in [0.25, 0.3) is 5.91 Å². The highest BCUT2D eigenvalue weighted by atomic mass is 32.1. The van der Waals surface area contributed by atoms with Gasteiger partial charge in [0, 0.05) is 24.4 Å². The number of anilines is 2. The van der Waals surface area contributed by atoms with E-state index in [9.17, 15) is 4.79 Å². The first-order valence-corrected chi connectivity index (χ1v) is 11.5. The summed E-state index contributed by atoms with van der Waals surface area (Å²) in [5, 5.41) is 3.87. The fourth-order valence-corrected chi connectivity index (χ4v) is 5.24. The summed E-state index contributed by atoms with van der Waals surface area (Å²) in [7, 11) is 1.61. The third-order valence-corrected chi connectivity index (χ3v) is 7.04. The second-order valence-electron chi connectivity index (χ2n) is 9.02. The van der Waals surface area contributed by atoms with Gasteiger partial charge in [-0.3, -0.25) is 4.79 Å². The number of amides is 1. The number of hydrogen-bond donors (Lipinski definition) is 1. The van der Waals surface area contributed by atoms with E-state index < -0.39 is 0 Å². The fraction of sp³-hybridized carbons (Fsp3) is 0.375. The molecule has 1 N–H and O–H groups in total. The number of rotatable bonds is 3. The summed E-state index contributed by atoms with van der Waals surface area (Å²) in [5.74, 6) is 1.38. The lowest BCUT2D eigenvalue weighted by atomic mass is 9.88. The predicted molar refractivity (Wildman–Crippen MR) is 125 cm³/mol. The molecule has 0 bridgehead atoms. The molecule has 1 aromatic carbocycles. The molecule has 5 rings (SSSR count). The zero-order chi connectivity index (χ0) is 22.5. The van der Waals surface area contributed by atoms with Gasteiger partial charge in [-0.05, 0) is 48.1 Å². The van der Waals surface area contributed by atoms with Crippen LogP contribution in [0.1, 0.15) is 34.8 Å². The van der Waals surface area contributed by atoms with Crippen LogP contribution < -0.4 is 19.7 Å². The number of thiazole rings is 1. The second-order valence-corrected chi connectivity index (χ2v) is 10.00. The molecule has 0 saturated heterocycles. The van der Waals surface area contributed by atoms with Crippen molar-refractivity contribution in [2.45, 2.75) is 27.2 Å². The van der Waals surface area contributed by atoms with Gasteiger partial charge in [0.15, 0.2) is 5.13 Å². The van der Waals surface area contributed by atoms with Crippen molar-refractivity contribution in [1.82, 2.24) is 15.3 Å². The Labute approximate surface area is 191 Å². The van der Waals surface area contributed by atoms with Crippen LogP contribution in [0, 0.1) is 12.3 Å². The Kier molecular flexibility index (Phi) is 5.04. The topological polar surface area (TPSA) is 76.6 Å². The summed E-state index contributed by atoms with van der Waals surface area (Å²) in [6.45, 7) is 8.28. The average Bonchev–Trinajstić information content (AvgIpc) is 3.15. The summed E-state index contributed by atoms with van der Waals surface area (Å²) in [6, 6.07) is 8.06. The molecule has 8 heteroatoms. The number of aromatic nitrogens is 2. The van der Waals surface area contributed by atoms with E-state index in [2.05, 4.69) is 48.1 Å². The zero-order valence-electron chi connectivity index (χ0n) is 18.7. The standard InChI is InChI=1S/C24H26N4O3S/c1-14-9-19-18(10-16(14)15-5-6-20(30-4)25-12-15)28(7-8-31-19)23-27-17-11-24(2,3)13-26-22(29)21(17)32-23/h5-6,9-10,12H,7-8,11,13H2,1-4H3,(H,26,29). The summed E-state index contributed by atoms with van der Waals surface area (Å²) in [5.41, 5.74) is 4.99. The molecule has 4 heterocycles. The van der Waals surface area contributed by atoms with Crippen molar-refractivity contribution >= 4 is 28.1 Å². The molecule has 32 heavy (non-hydrogen) atoms. The quantitative estimate of drug-likeness (QED) is 0.639. The van der Waals surface area contributed by atoms with E-state index >= 15 is 0 Å². The van der Waals surface area contributed by atoms with Gasteiger partial charge < -0.3 is 19.7 Å². The molecule has 7 nitrogen and oxygen atoms in total. The lowest BCUT2D eigenvalue weighted by Gasteiger charge is -2.30. The summed E-state index contributed by atoms with van der Waals surface area (Å²) in [4.78, 5) is 24.8. The number of carbonyl (C=O) groups is 1. The molecule has 0 fully saturated rings. The molecule has 0 radical (unpaired) electrons. The summed E-state index contributed by atoms with van der Waals surface area (Å²) in [6.07, 6.45) is 2.59. The van der Waals surface area contributed by atoms with Crippen LogP contribution in [-0.2, 0) is 6.42 Å². The highest BCUT2D eigenvalue weighted by molar-refractivity contribution is 7.17. The van der Waals surface area contributed by atoms with Crippen LogP contribution in [0.4, 0.5) is 10.8 Å². The van der Waals surface area contributed by atoms with E-state index in [1.165, 1.54) is 11.3 Å². The smallest absolute Gasteiger partial charge is 0.263 e. The molecule has 0 aliphatic carbocycles. The molecule has 2 aliphatic rings. The number of pyridine rings is 1. The van der Waals surface area contributed by atoms with Crippen molar-refractivity contribution in [2.24, 2.45) is 5.41 Å². The van der Waals surface area contributed by atoms with Crippen molar-refractivity contribution in [1.29, 1.82) is 0 Å². The maximum Gasteiger partial charge on any atom is 0.263 e. The SMILES string of the molecule is COc1ccc(-c2cc3c(cc2C)OCCN3c2nc3c(s2)C(=O)NCC(C)(C)C3)cn1. The van der Waals surface area contributed by atoms with Gasteiger partial charge in [0.1, 0.15) is 17.2 Å². The third-order valence-electron chi connectivity index (χ3n) is 5.92.